The van der Waals surface area contributed by atoms with E-state index in [1.165, 1.54) is 4.31 Å². The summed E-state index contributed by atoms with van der Waals surface area (Å²) < 4.78 is 28.1. The van der Waals surface area contributed by atoms with Crippen molar-refractivity contribution in [2.24, 2.45) is 0 Å². The fraction of sp³-hybridized carbons (Fsp3) is 0.250. The minimum atomic E-state index is -3.77. The molecule has 5 nitrogen and oxygen atoms in total. The van der Waals surface area contributed by atoms with Crippen LogP contribution < -0.4 is 0 Å². The molecule has 2 aromatic rings. The van der Waals surface area contributed by atoms with Crippen LogP contribution in [0.3, 0.4) is 0 Å². The summed E-state index contributed by atoms with van der Waals surface area (Å²) in [7, 11) is -3.77. The average Bonchev–Trinajstić information content (AvgIpc) is 3.22. The van der Waals surface area contributed by atoms with Crippen molar-refractivity contribution in [1.82, 2.24) is 9.21 Å². The van der Waals surface area contributed by atoms with Gasteiger partial charge in [-0.1, -0.05) is 42.5 Å². The molecule has 1 aliphatic rings. The van der Waals surface area contributed by atoms with Crippen LogP contribution in [0.25, 0.3) is 0 Å². The van der Waals surface area contributed by atoms with Gasteiger partial charge < -0.3 is 4.90 Å². The number of thiophene rings is 1. The highest BCUT2D eigenvalue weighted by Crippen LogP contribution is 2.31. The van der Waals surface area contributed by atoms with Gasteiger partial charge in [0.05, 0.1) is 0 Å². The Morgan fingerprint density at radius 2 is 1.81 bits per heavy atom. The zero-order valence-electron chi connectivity index (χ0n) is 15.0. The van der Waals surface area contributed by atoms with E-state index in [-0.39, 0.29) is 16.7 Å². The van der Waals surface area contributed by atoms with E-state index in [9.17, 15) is 13.2 Å². The molecule has 0 fully saturated rings. The molecule has 0 N–H and O–H groups in total. The topological polar surface area (TPSA) is 57.7 Å². The molecule has 0 aliphatic carbocycles. The smallest absolute Gasteiger partial charge is 0.253 e. The fourth-order valence-corrected chi connectivity index (χ4v) is 5.94. The Labute approximate surface area is 164 Å². The lowest BCUT2D eigenvalue weighted by Gasteiger charge is -2.37. The summed E-state index contributed by atoms with van der Waals surface area (Å²) in [5, 5.41) is 1.73. The van der Waals surface area contributed by atoms with Crippen LogP contribution in [0.15, 0.2) is 71.3 Å². The molecule has 0 saturated carbocycles. The lowest BCUT2D eigenvalue weighted by molar-refractivity contribution is -0.134. The number of nitrogens with zero attached hydrogens (tertiary/aromatic N) is 2. The highest BCUT2D eigenvalue weighted by Gasteiger charge is 2.41. The Morgan fingerprint density at radius 3 is 2.41 bits per heavy atom. The number of carbonyl (C=O) groups is 1. The fourth-order valence-electron chi connectivity index (χ4n) is 3.26. The molecule has 142 valence electrons. The molecule has 27 heavy (non-hydrogen) atoms. The van der Waals surface area contributed by atoms with Crippen LogP contribution in [0.5, 0.6) is 0 Å². The van der Waals surface area contributed by atoms with Crippen molar-refractivity contribution >= 4 is 27.3 Å². The van der Waals surface area contributed by atoms with Gasteiger partial charge in [0.1, 0.15) is 10.3 Å². The summed E-state index contributed by atoms with van der Waals surface area (Å²) in [4.78, 5) is 14.8. The highest BCUT2D eigenvalue weighted by molar-refractivity contribution is 7.91. The van der Waals surface area contributed by atoms with Crippen molar-refractivity contribution < 1.29 is 13.2 Å². The molecular weight excluding hydrogens is 380 g/mol. The molecule has 7 heteroatoms. The van der Waals surface area contributed by atoms with Crippen molar-refractivity contribution in [3.8, 4) is 0 Å². The predicted molar refractivity (Wildman–Crippen MR) is 108 cm³/mol. The van der Waals surface area contributed by atoms with Crippen molar-refractivity contribution in [3.05, 3.63) is 78.2 Å². The second-order valence-corrected chi connectivity index (χ2v) is 9.36. The summed E-state index contributed by atoms with van der Waals surface area (Å²) in [6.45, 7) is 8.26. The van der Waals surface area contributed by atoms with E-state index in [4.69, 9.17) is 0 Å². The van der Waals surface area contributed by atoms with Gasteiger partial charge in [0, 0.05) is 19.6 Å². The molecule has 0 saturated heterocycles. The maximum absolute atomic E-state index is 13.2. The van der Waals surface area contributed by atoms with Crippen molar-refractivity contribution in [3.63, 3.8) is 0 Å². The predicted octanol–water partition coefficient (Wildman–Crippen LogP) is 3.06. The monoisotopic (exact) mass is 402 g/mol. The van der Waals surface area contributed by atoms with Crippen LogP contribution in [-0.2, 0) is 27.8 Å². The first-order valence-electron chi connectivity index (χ1n) is 8.61. The summed E-state index contributed by atoms with van der Waals surface area (Å²) >= 11 is 1.16. The number of carbonyl (C=O) groups excluding carboxylic acids is 1. The summed E-state index contributed by atoms with van der Waals surface area (Å²) in [6.07, 6.45) is 3.62. The molecule has 1 aromatic heterocycles. The summed E-state index contributed by atoms with van der Waals surface area (Å²) in [5.74, 6) is -0.232. The van der Waals surface area contributed by atoms with Crippen molar-refractivity contribution in [1.29, 1.82) is 0 Å². The maximum Gasteiger partial charge on any atom is 0.253 e. The Balaban J connectivity index is 2.03. The molecule has 0 bridgehead atoms. The van der Waals surface area contributed by atoms with E-state index in [0.29, 0.717) is 19.5 Å². The molecule has 1 aliphatic heterocycles. The van der Waals surface area contributed by atoms with Crippen molar-refractivity contribution in [2.45, 2.75) is 23.2 Å². The first kappa shape index (κ1) is 19.5. The Morgan fingerprint density at radius 1 is 1.15 bits per heavy atom. The number of sulfonamides is 1. The average molecular weight is 403 g/mol. The van der Waals surface area contributed by atoms with Crippen LogP contribution in [0, 0.1) is 0 Å². The van der Waals surface area contributed by atoms with Crippen LogP contribution in [-0.4, -0.2) is 42.7 Å². The van der Waals surface area contributed by atoms with E-state index < -0.39 is 16.1 Å². The Hall–Kier alpha value is -2.22. The molecule has 1 aromatic carbocycles. The lowest BCUT2D eigenvalue weighted by Crippen LogP contribution is -2.53. The normalized spacial score (nSPS) is 17.1. The Kier molecular flexibility index (Phi) is 5.94. The van der Waals surface area contributed by atoms with Gasteiger partial charge >= 0.3 is 0 Å². The van der Waals surface area contributed by atoms with Crippen LogP contribution >= 0.6 is 11.3 Å². The standard InChI is InChI=1S/C20H22N2O3S2/c1-3-11-21(12-4-2)20(23)18-14-16-8-5-6-9-17(16)15-22(18)27(24,25)19-10-7-13-26-19/h3-10,13,18H,1-2,11-12,14-15H2. The van der Waals surface area contributed by atoms with Gasteiger partial charge in [-0.3, -0.25) is 4.79 Å². The van der Waals surface area contributed by atoms with Gasteiger partial charge in [-0.25, -0.2) is 8.42 Å². The Bertz CT molecular complexity index is 926. The van der Waals surface area contributed by atoms with E-state index in [2.05, 4.69) is 13.2 Å². The summed E-state index contributed by atoms with van der Waals surface area (Å²) in [5.41, 5.74) is 1.94. The van der Waals surface area contributed by atoms with E-state index in [1.54, 1.807) is 34.6 Å². The molecule has 1 amide bonds. The van der Waals surface area contributed by atoms with Crippen LogP contribution in [0.2, 0.25) is 0 Å². The van der Waals surface area contributed by atoms with E-state index in [0.717, 1.165) is 22.5 Å². The molecule has 1 unspecified atom stereocenters. The summed E-state index contributed by atoms with van der Waals surface area (Å²) in [6, 6.07) is 10.2. The molecule has 1 atom stereocenters. The molecule has 3 rings (SSSR count). The van der Waals surface area contributed by atoms with Gasteiger partial charge in [0.25, 0.3) is 10.0 Å². The second kappa shape index (κ2) is 8.21. The van der Waals surface area contributed by atoms with Crippen LogP contribution in [0.1, 0.15) is 11.1 Å². The first-order valence-corrected chi connectivity index (χ1v) is 10.9. The van der Waals surface area contributed by atoms with E-state index >= 15 is 0 Å². The third-order valence-corrected chi connectivity index (χ3v) is 7.79. The number of hydrogen-bond donors (Lipinski definition) is 0. The molecule has 2 heterocycles. The maximum atomic E-state index is 13.2. The number of benzene rings is 1. The molecular formula is C20H22N2O3S2. The second-order valence-electron chi connectivity index (χ2n) is 6.29. The third-order valence-electron chi connectivity index (χ3n) is 4.56. The first-order chi connectivity index (χ1) is 13.0. The number of fused-ring (bicyclic) bond motifs is 1. The largest absolute Gasteiger partial charge is 0.334 e. The van der Waals surface area contributed by atoms with Gasteiger partial charge in [-0.05, 0) is 29.0 Å². The zero-order chi connectivity index (χ0) is 19.4. The highest BCUT2D eigenvalue weighted by atomic mass is 32.2. The number of rotatable bonds is 7. The third kappa shape index (κ3) is 3.90. The molecule has 0 spiro atoms. The van der Waals surface area contributed by atoms with Crippen LogP contribution in [0.4, 0.5) is 0 Å². The SMILES string of the molecule is C=CCN(CC=C)C(=O)C1Cc2ccccc2CN1S(=O)(=O)c1cccs1. The number of amides is 1. The van der Waals surface area contributed by atoms with Gasteiger partial charge in [0.2, 0.25) is 5.91 Å². The quantitative estimate of drug-likeness (QED) is 0.669. The minimum absolute atomic E-state index is 0.183. The van der Waals surface area contributed by atoms with Crippen molar-refractivity contribution in [2.75, 3.05) is 13.1 Å². The van der Waals surface area contributed by atoms with Gasteiger partial charge in [-0.15, -0.1) is 24.5 Å². The lowest BCUT2D eigenvalue weighted by atomic mass is 9.95. The molecule has 0 radical (unpaired) electrons. The minimum Gasteiger partial charge on any atom is -0.334 e. The van der Waals surface area contributed by atoms with Gasteiger partial charge in [0.15, 0.2) is 0 Å². The number of hydrogen-bond acceptors (Lipinski definition) is 4. The zero-order valence-corrected chi connectivity index (χ0v) is 16.6. The van der Waals surface area contributed by atoms with E-state index in [1.807, 2.05) is 24.3 Å². The van der Waals surface area contributed by atoms with Gasteiger partial charge in [-0.2, -0.15) is 4.31 Å².